The second-order valence-corrected chi connectivity index (χ2v) is 8.27. The molecule has 1 aliphatic heterocycles. The Hall–Kier alpha value is -4.20. The van der Waals surface area contributed by atoms with Gasteiger partial charge in [0.05, 0.1) is 29.0 Å². The molecule has 0 atom stereocenters. The Morgan fingerprint density at radius 2 is 1.94 bits per heavy atom. The lowest BCUT2D eigenvalue weighted by Gasteiger charge is -2.40. The molecule has 4 heterocycles. The van der Waals surface area contributed by atoms with Crippen molar-refractivity contribution in [3.05, 3.63) is 65.7 Å². The summed E-state index contributed by atoms with van der Waals surface area (Å²) in [7, 11) is 0. The van der Waals surface area contributed by atoms with E-state index in [9.17, 15) is 28.3 Å². The zero-order valence-electron chi connectivity index (χ0n) is 19.3. The van der Waals surface area contributed by atoms with Crippen LogP contribution < -0.4 is 9.64 Å². The Kier molecular flexibility index (Phi) is 6.79. The number of alkyl halides is 3. The summed E-state index contributed by atoms with van der Waals surface area (Å²) in [5.41, 5.74) is -0.686. The van der Waals surface area contributed by atoms with Crippen LogP contribution in [0.5, 0.6) is 5.88 Å². The first-order valence-corrected chi connectivity index (χ1v) is 11.2. The standard InChI is InChI=1S/C25H22F3N5O3/c1-2-36-22-17(4-3-11-30-22)18-6-5-16(15-31-18)24(23(34)35)9-12-33(13-10-24)20-7-8-21(25(26,27)28)32-19(20)14-29/h3-8,11,15H,2,9-10,12-13H2,1H3,(H,34,35). The van der Waals surface area contributed by atoms with Crippen LogP contribution in [0, 0.1) is 11.3 Å². The van der Waals surface area contributed by atoms with Crippen molar-refractivity contribution in [2.75, 3.05) is 24.6 Å². The summed E-state index contributed by atoms with van der Waals surface area (Å²) in [6.45, 7) is 2.71. The van der Waals surface area contributed by atoms with Crippen LogP contribution in [0.4, 0.5) is 18.9 Å². The molecule has 0 amide bonds. The molecule has 36 heavy (non-hydrogen) atoms. The number of rotatable bonds is 6. The maximum absolute atomic E-state index is 13.0. The number of carboxylic acid groups (broad SMARTS) is 1. The first-order chi connectivity index (χ1) is 17.2. The smallest absolute Gasteiger partial charge is 0.433 e. The summed E-state index contributed by atoms with van der Waals surface area (Å²) >= 11 is 0. The van der Waals surface area contributed by atoms with Crippen LogP contribution >= 0.6 is 0 Å². The Labute approximate surface area is 205 Å². The number of carbonyl (C=O) groups is 1. The van der Waals surface area contributed by atoms with E-state index in [-0.39, 0.29) is 37.3 Å². The molecule has 11 heteroatoms. The molecule has 0 bridgehead atoms. The van der Waals surface area contributed by atoms with Gasteiger partial charge < -0.3 is 14.7 Å². The van der Waals surface area contributed by atoms with Crippen molar-refractivity contribution in [2.24, 2.45) is 0 Å². The highest BCUT2D eigenvalue weighted by Gasteiger charge is 2.44. The largest absolute Gasteiger partial charge is 0.481 e. The van der Waals surface area contributed by atoms with Gasteiger partial charge in [0.15, 0.2) is 5.69 Å². The number of nitriles is 1. The summed E-state index contributed by atoms with van der Waals surface area (Å²) in [6, 6.07) is 10.8. The van der Waals surface area contributed by atoms with Crippen LogP contribution in [0.15, 0.2) is 48.8 Å². The van der Waals surface area contributed by atoms with E-state index in [0.29, 0.717) is 29.3 Å². The fourth-order valence-corrected chi connectivity index (χ4v) is 4.38. The van der Waals surface area contributed by atoms with Gasteiger partial charge in [-0.2, -0.15) is 18.4 Å². The summed E-state index contributed by atoms with van der Waals surface area (Å²) in [6.07, 6.45) is -1.18. The molecular weight excluding hydrogens is 475 g/mol. The van der Waals surface area contributed by atoms with E-state index in [2.05, 4.69) is 15.0 Å². The van der Waals surface area contributed by atoms with E-state index in [1.807, 2.05) is 13.0 Å². The quantitative estimate of drug-likeness (QED) is 0.532. The van der Waals surface area contributed by atoms with Gasteiger partial charge in [-0.1, -0.05) is 6.07 Å². The number of piperidine rings is 1. The number of anilines is 1. The van der Waals surface area contributed by atoms with Gasteiger partial charge in [-0.05, 0) is 55.7 Å². The molecule has 0 aliphatic carbocycles. The number of ether oxygens (including phenoxy) is 1. The average Bonchev–Trinajstić information content (AvgIpc) is 2.88. The second-order valence-electron chi connectivity index (χ2n) is 8.27. The van der Waals surface area contributed by atoms with E-state index in [1.54, 1.807) is 35.4 Å². The highest BCUT2D eigenvalue weighted by molar-refractivity contribution is 5.82. The number of hydrogen-bond acceptors (Lipinski definition) is 7. The first-order valence-electron chi connectivity index (χ1n) is 11.2. The molecule has 3 aromatic rings. The molecule has 3 aromatic heterocycles. The number of carboxylic acids is 1. The van der Waals surface area contributed by atoms with Crippen molar-refractivity contribution in [1.29, 1.82) is 5.26 Å². The van der Waals surface area contributed by atoms with Gasteiger partial charge in [0, 0.05) is 25.5 Å². The SMILES string of the molecule is CCOc1ncccc1-c1ccc(C2(C(=O)O)CCN(c3ccc(C(F)(F)F)nc3C#N)CC2)cn1. The Morgan fingerprint density at radius 3 is 2.53 bits per heavy atom. The van der Waals surface area contributed by atoms with Crippen molar-refractivity contribution in [3.8, 4) is 23.2 Å². The van der Waals surface area contributed by atoms with Crippen LogP contribution in [0.25, 0.3) is 11.3 Å². The normalized spacial score (nSPS) is 15.2. The Morgan fingerprint density at radius 1 is 1.19 bits per heavy atom. The van der Waals surface area contributed by atoms with E-state index in [4.69, 9.17) is 4.74 Å². The molecule has 0 aromatic carbocycles. The number of aromatic nitrogens is 3. The van der Waals surface area contributed by atoms with E-state index < -0.39 is 23.3 Å². The first kappa shape index (κ1) is 24.9. The van der Waals surface area contributed by atoms with Gasteiger partial charge in [0.25, 0.3) is 0 Å². The lowest BCUT2D eigenvalue weighted by molar-refractivity contribution is -0.145. The van der Waals surface area contributed by atoms with Crippen LogP contribution in [0.2, 0.25) is 0 Å². The third-order valence-corrected chi connectivity index (χ3v) is 6.28. The minimum Gasteiger partial charge on any atom is -0.481 e. The van der Waals surface area contributed by atoms with Crippen molar-refractivity contribution < 1.29 is 27.8 Å². The molecular formula is C25H22F3N5O3. The predicted octanol–water partition coefficient (Wildman–Crippen LogP) is 4.45. The predicted molar refractivity (Wildman–Crippen MR) is 123 cm³/mol. The van der Waals surface area contributed by atoms with Crippen LogP contribution in [-0.2, 0) is 16.4 Å². The zero-order chi connectivity index (χ0) is 25.9. The molecule has 1 N–H and O–H groups in total. The second kappa shape index (κ2) is 9.81. The van der Waals surface area contributed by atoms with Gasteiger partial charge >= 0.3 is 12.1 Å². The van der Waals surface area contributed by atoms with Crippen LogP contribution in [-0.4, -0.2) is 45.7 Å². The highest BCUT2D eigenvalue weighted by atomic mass is 19.4. The number of halogens is 3. The fraction of sp³-hybridized carbons (Fsp3) is 0.320. The van der Waals surface area contributed by atoms with E-state index in [1.165, 1.54) is 12.3 Å². The van der Waals surface area contributed by atoms with Crippen molar-refractivity contribution in [2.45, 2.75) is 31.4 Å². The number of aliphatic carboxylic acids is 1. The number of hydrogen-bond donors (Lipinski definition) is 1. The molecule has 8 nitrogen and oxygen atoms in total. The van der Waals surface area contributed by atoms with E-state index in [0.717, 1.165) is 6.07 Å². The maximum atomic E-state index is 13.0. The summed E-state index contributed by atoms with van der Waals surface area (Å²) in [4.78, 5) is 26.3. The third-order valence-electron chi connectivity index (χ3n) is 6.28. The third kappa shape index (κ3) is 4.66. The molecule has 4 rings (SSSR count). The summed E-state index contributed by atoms with van der Waals surface area (Å²) in [5.74, 6) is -0.584. The average molecular weight is 497 g/mol. The molecule has 186 valence electrons. The monoisotopic (exact) mass is 497 g/mol. The van der Waals surface area contributed by atoms with Crippen LogP contribution in [0.1, 0.15) is 36.7 Å². The van der Waals surface area contributed by atoms with Gasteiger partial charge in [-0.15, -0.1) is 0 Å². The van der Waals surface area contributed by atoms with Crippen molar-refractivity contribution >= 4 is 11.7 Å². The minimum atomic E-state index is -4.66. The van der Waals surface area contributed by atoms with Crippen molar-refractivity contribution in [1.82, 2.24) is 15.0 Å². The molecule has 0 spiro atoms. The Bertz CT molecular complexity index is 1300. The zero-order valence-corrected chi connectivity index (χ0v) is 19.3. The van der Waals surface area contributed by atoms with Gasteiger partial charge in [-0.3, -0.25) is 9.78 Å². The molecule has 0 saturated carbocycles. The number of pyridine rings is 3. The van der Waals surface area contributed by atoms with E-state index >= 15 is 0 Å². The van der Waals surface area contributed by atoms with Gasteiger partial charge in [0.1, 0.15) is 11.8 Å². The van der Waals surface area contributed by atoms with Gasteiger partial charge in [0.2, 0.25) is 5.88 Å². The number of nitrogens with zero attached hydrogens (tertiary/aromatic N) is 5. The van der Waals surface area contributed by atoms with Crippen LogP contribution in [0.3, 0.4) is 0 Å². The lowest BCUT2D eigenvalue weighted by atomic mass is 9.73. The summed E-state index contributed by atoms with van der Waals surface area (Å²) in [5, 5.41) is 19.5. The molecule has 1 aliphatic rings. The molecule has 0 radical (unpaired) electrons. The topological polar surface area (TPSA) is 112 Å². The highest BCUT2D eigenvalue weighted by Crippen LogP contribution is 2.39. The lowest BCUT2D eigenvalue weighted by Crippen LogP contribution is -2.47. The molecule has 1 saturated heterocycles. The molecule has 1 fully saturated rings. The molecule has 0 unspecified atom stereocenters. The minimum absolute atomic E-state index is 0.173. The maximum Gasteiger partial charge on any atom is 0.433 e. The fourth-order valence-electron chi connectivity index (χ4n) is 4.38. The Balaban J connectivity index is 1.58. The van der Waals surface area contributed by atoms with Crippen molar-refractivity contribution in [3.63, 3.8) is 0 Å². The van der Waals surface area contributed by atoms with Gasteiger partial charge in [-0.25, -0.2) is 9.97 Å². The summed E-state index contributed by atoms with van der Waals surface area (Å²) < 4.78 is 44.5.